The van der Waals surface area contributed by atoms with Gasteiger partial charge in [-0.25, -0.2) is 0 Å². The van der Waals surface area contributed by atoms with E-state index in [-0.39, 0.29) is 11.9 Å². The zero-order valence-electron chi connectivity index (χ0n) is 11.8. The van der Waals surface area contributed by atoms with Crippen LogP contribution >= 0.6 is 15.9 Å². The number of pyridine rings is 1. The maximum absolute atomic E-state index is 11.2. The zero-order chi connectivity index (χ0) is 15.0. The van der Waals surface area contributed by atoms with E-state index >= 15 is 0 Å². The van der Waals surface area contributed by atoms with Gasteiger partial charge in [0.15, 0.2) is 0 Å². The van der Waals surface area contributed by atoms with E-state index in [0.717, 1.165) is 40.6 Å². The van der Waals surface area contributed by atoms with Crippen LogP contribution in [-0.2, 0) is 4.79 Å². The van der Waals surface area contributed by atoms with Crippen LogP contribution in [0.3, 0.4) is 0 Å². The number of benzene rings is 1. The number of aromatic nitrogens is 1. The van der Waals surface area contributed by atoms with Crippen LogP contribution in [0.15, 0.2) is 28.9 Å². The number of hydrogen-bond acceptors (Lipinski definition) is 4. The Kier molecular flexibility index (Phi) is 3.71. The first kappa shape index (κ1) is 14.1. The molecule has 1 fully saturated rings. The van der Waals surface area contributed by atoms with Gasteiger partial charge in [0, 0.05) is 35.9 Å². The van der Waals surface area contributed by atoms with E-state index in [1.165, 1.54) is 0 Å². The van der Waals surface area contributed by atoms with Gasteiger partial charge in [0.25, 0.3) is 0 Å². The number of fused-ring (bicyclic) bond motifs is 1. The normalized spacial score (nSPS) is 18.2. The summed E-state index contributed by atoms with van der Waals surface area (Å²) < 4.78 is 1.00. The molecule has 2 heterocycles. The Bertz CT molecular complexity index is 698. The van der Waals surface area contributed by atoms with Crippen molar-refractivity contribution in [1.29, 1.82) is 0 Å². The van der Waals surface area contributed by atoms with E-state index in [2.05, 4.69) is 31.1 Å². The van der Waals surface area contributed by atoms with Gasteiger partial charge in [-0.3, -0.25) is 9.78 Å². The number of amides is 1. The molecule has 1 aliphatic heterocycles. The summed E-state index contributed by atoms with van der Waals surface area (Å²) >= 11 is 3.50. The molecule has 1 amide bonds. The molecule has 2 aromatic rings. The Morgan fingerprint density at radius 3 is 3.10 bits per heavy atom. The summed E-state index contributed by atoms with van der Waals surface area (Å²) in [4.78, 5) is 17.8. The van der Waals surface area contributed by atoms with Gasteiger partial charge in [0.05, 0.1) is 23.1 Å². The van der Waals surface area contributed by atoms with Crippen molar-refractivity contribution in [2.24, 2.45) is 0 Å². The van der Waals surface area contributed by atoms with Crippen LogP contribution in [0.2, 0.25) is 0 Å². The summed E-state index contributed by atoms with van der Waals surface area (Å²) in [5.74, 6) is 0.0113. The average Bonchev–Trinajstić information content (AvgIpc) is 2.85. The standard InChI is InChI=1S/C15H17BrN4O/c1-9(21)19-11-4-5-20(8-11)15-12-6-10(16)2-3-14(12)18-7-13(15)17/h2-3,6-7,11H,4-5,8,17H2,1H3,(H,19,21). The number of nitrogens with one attached hydrogen (secondary N) is 1. The number of carbonyl (C=O) groups is 1. The van der Waals surface area contributed by atoms with Crippen LogP contribution in [0, 0.1) is 0 Å². The van der Waals surface area contributed by atoms with Crippen molar-refractivity contribution in [3.8, 4) is 0 Å². The summed E-state index contributed by atoms with van der Waals surface area (Å²) in [5, 5.41) is 4.01. The molecule has 1 saturated heterocycles. The first-order valence-corrected chi connectivity index (χ1v) is 7.69. The highest BCUT2D eigenvalue weighted by molar-refractivity contribution is 9.10. The second-order valence-electron chi connectivity index (χ2n) is 5.36. The van der Waals surface area contributed by atoms with E-state index in [1.807, 2.05) is 18.2 Å². The fraction of sp³-hybridized carbons (Fsp3) is 0.333. The SMILES string of the molecule is CC(=O)NC1CCN(c2c(N)cnc3ccc(Br)cc23)C1. The topological polar surface area (TPSA) is 71.2 Å². The van der Waals surface area contributed by atoms with Crippen molar-refractivity contribution in [3.05, 3.63) is 28.9 Å². The van der Waals surface area contributed by atoms with Crippen LogP contribution in [0.5, 0.6) is 0 Å². The molecule has 0 spiro atoms. The van der Waals surface area contributed by atoms with Crippen molar-refractivity contribution in [2.75, 3.05) is 23.7 Å². The summed E-state index contributed by atoms with van der Waals surface area (Å²) in [7, 11) is 0. The van der Waals surface area contributed by atoms with Gasteiger partial charge in [-0.05, 0) is 24.6 Å². The van der Waals surface area contributed by atoms with E-state index in [0.29, 0.717) is 5.69 Å². The number of halogens is 1. The average molecular weight is 349 g/mol. The Morgan fingerprint density at radius 1 is 1.52 bits per heavy atom. The largest absolute Gasteiger partial charge is 0.396 e. The van der Waals surface area contributed by atoms with Crippen LogP contribution in [0.25, 0.3) is 10.9 Å². The minimum Gasteiger partial charge on any atom is -0.396 e. The van der Waals surface area contributed by atoms with Crippen molar-refractivity contribution in [1.82, 2.24) is 10.3 Å². The van der Waals surface area contributed by atoms with Gasteiger partial charge in [0.2, 0.25) is 5.91 Å². The number of anilines is 2. The molecule has 1 unspecified atom stereocenters. The molecule has 1 aliphatic rings. The van der Waals surface area contributed by atoms with E-state index in [1.54, 1.807) is 13.1 Å². The molecule has 21 heavy (non-hydrogen) atoms. The molecule has 1 atom stereocenters. The lowest BCUT2D eigenvalue weighted by molar-refractivity contribution is -0.119. The van der Waals surface area contributed by atoms with Crippen molar-refractivity contribution >= 4 is 44.1 Å². The highest BCUT2D eigenvalue weighted by atomic mass is 79.9. The van der Waals surface area contributed by atoms with E-state index in [4.69, 9.17) is 5.73 Å². The molecule has 1 aromatic heterocycles. The van der Waals surface area contributed by atoms with Crippen molar-refractivity contribution < 1.29 is 4.79 Å². The number of nitrogens with two attached hydrogens (primary N) is 1. The molecule has 1 aromatic carbocycles. The van der Waals surface area contributed by atoms with Crippen molar-refractivity contribution in [3.63, 3.8) is 0 Å². The molecule has 6 heteroatoms. The van der Waals surface area contributed by atoms with Gasteiger partial charge in [0.1, 0.15) is 0 Å². The minimum atomic E-state index is 0.0113. The third kappa shape index (κ3) is 2.81. The third-order valence-electron chi connectivity index (χ3n) is 3.74. The Morgan fingerprint density at radius 2 is 2.33 bits per heavy atom. The van der Waals surface area contributed by atoms with Gasteiger partial charge < -0.3 is 16.0 Å². The van der Waals surface area contributed by atoms with Gasteiger partial charge in [-0.15, -0.1) is 0 Å². The summed E-state index contributed by atoms with van der Waals surface area (Å²) in [6, 6.07) is 6.17. The van der Waals surface area contributed by atoms with E-state index in [9.17, 15) is 4.79 Å². The lowest BCUT2D eigenvalue weighted by atomic mass is 10.1. The predicted octanol–water partition coefficient (Wildman–Crippen LogP) is 2.29. The van der Waals surface area contributed by atoms with Gasteiger partial charge >= 0.3 is 0 Å². The lowest BCUT2D eigenvalue weighted by Crippen LogP contribution is -2.35. The summed E-state index contributed by atoms with van der Waals surface area (Å²) in [6.45, 7) is 3.20. The Balaban J connectivity index is 1.98. The highest BCUT2D eigenvalue weighted by Crippen LogP contribution is 2.35. The quantitative estimate of drug-likeness (QED) is 0.873. The fourth-order valence-electron chi connectivity index (χ4n) is 2.89. The number of nitrogen functional groups attached to an aromatic ring is 1. The second-order valence-corrected chi connectivity index (χ2v) is 6.27. The maximum Gasteiger partial charge on any atom is 0.217 e. The fourth-order valence-corrected chi connectivity index (χ4v) is 3.25. The summed E-state index contributed by atoms with van der Waals surface area (Å²) in [5.41, 5.74) is 8.76. The number of hydrogen-bond donors (Lipinski definition) is 2. The monoisotopic (exact) mass is 348 g/mol. The molecule has 0 bridgehead atoms. The van der Waals surface area contributed by atoms with Crippen LogP contribution < -0.4 is 16.0 Å². The predicted molar refractivity (Wildman–Crippen MR) is 88.3 cm³/mol. The molecule has 0 saturated carbocycles. The summed E-state index contributed by atoms with van der Waals surface area (Å²) in [6.07, 6.45) is 2.63. The van der Waals surface area contributed by atoms with E-state index < -0.39 is 0 Å². The minimum absolute atomic E-state index is 0.0113. The van der Waals surface area contributed by atoms with Crippen LogP contribution in [0.1, 0.15) is 13.3 Å². The number of nitrogens with zero attached hydrogens (tertiary/aromatic N) is 2. The first-order valence-electron chi connectivity index (χ1n) is 6.90. The molecule has 5 nitrogen and oxygen atoms in total. The van der Waals surface area contributed by atoms with Gasteiger partial charge in [-0.1, -0.05) is 15.9 Å². The van der Waals surface area contributed by atoms with Crippen molar-refractivity contribution in [2.45, 2.75) is 19.4 Å². The molecule has 110 valence electrons. The Labute approximate surface area is 131 Å². The number of carbonyl (C=O) groups excluding carboxylic acids is 1. The lowest BCUT2D eigenvalue weighted by Gasteiger charge is -2.22. The molecular formula is C15H17BrN4O. The van der Waals surface area contributed by atoms with Gasteiger partial charge in [-0.2, -0.15) is 0 Å². The maximum atomic E-state index is 11.2. The molecule has 0 radical (unpaired) electrons. The number of rotatable bonds is 2. The smallest absolute Gasteiger partial charge is 0.217 e. The first-order chi connectivity index (χ1) is 10.0. The molecule has 0 aliphatic carbocycles. The molecule has 3 rings (SSSR count). The molecular weight excluding hydrogens is 332 g/mol. The zero-order valence-corrected chi connectivity index (χ0v) is 13.4. The highest BCUT2D eigenvalue weighted by Gasteiger charge is 2.26. The Hall–Kier alpha value is -1.82. The van der Waals surface area contributed by atoms with Crippen LogP contribution in [0.4, 0.5) is 11.4 Å². The third-order valence-corrected chi connectivity index (χ3v) is 4.23. The molecule has 3 N–H and O–H groups in total. The second kappa shape index (κ2) is 5.52. The van der Waals surface area contributed by atoms with Crippen LogP contribution in [-0.4, -0.2) is 30.0 Å².